The van der Waals surface area contributed by atoms with Gasteiger partial charge in [-0.3, -0.25) is 14.4 Å². The Morgan fingerprint density at radius 2 is 1.79 bits per heavy atom. The Hall–Kier alpha value is -1.97. The third-order valence-electron chi connectivity index (χ3n) is 1.70. The Morgan fingerprint density at radius 3 is 2.21 bits per heavy atom. The Balaban J connectivity index is 2.83. The van der Waals surface area contributed by atoms with E-state index >= 15 is 0 Å². The van der Waals surface area contributed by atoms with Crippen molar-refractivity contribution in [2.24, 2.45) is 0 Å². The molecule has 0 aliphatic carbocycles. The van der Waals surface area contributed by atoms with Crippen molar-refractivity contribution in [3.8, 4) is 0 Å². The first-order valence-electron chi connectivity index (χ1n) is 3.93. The molecule has 1 N–H and O–H groups in total. The first-order valence-corrected chi connectivity index (χ1v) is 3.93. The van der Waals surface area contributed by atoms with Gasteiger partial charge in [-0.25, -0.2) is 0 Å². The minimum absolute atomic E-state index is 0.0877. The molecule has 4 heteroatoms. The lowest BCUT2D eigenvalue weighted by molar-refractivity contribution is -0.136. The second kappa shape index (κ2) is 4.32. The summed E-state index contributed by atoms with van der Waals surface area (Å²) < 4.78 is 0. The molecule has 0 saturated heterocycles. The van der Waals surface area contributed by atoms with E-state index in [1.165, 1.54) is 24.3 Å². The highest BCUT2D eigenvalue weighted by atomic mass is 16.4. The van der Waals surface area contributed by atoms with Gasteiger partial charge in [-0.05, 0) is 5.56 Å². The SMILES string of the molecule is O=CC(=O)c1ccc(CC(=O)O)cc1. The summed E-state index contributed by atoms with van der Waals surface area (Å²) in [7, 11) is 0. The van der Waals surface area contributed by atoms with Crippen molar-refractivity contribution < 1.29 is 19.5 Å². The van der Waals surface area contributed by atoms with Crippen molar-refractivity contribution in [1.82, 2.24) is 0 Å². The topological polar surface area (TPSA) is 71.4 Å². The molecule has 0 fully saturated rings. The fourth-order valence-corrected chi connectivity index (χ4v) is 1.03. The molecule has 0 spiro atoms. The normalized spacial score (nSPS) is 9.43. The van der Waals surface area contributed by atoms with E-state index in [4.69, 9.17) is 5.11 Å². The molecular formula is C10H8O4. The summed E-state index contributed by atoms with van der Waals surface area (Å²) in [6.45, 7) is 0. The third-order valence-corrected chi connectivity index (χ3v) is 1.70. The molecule has 1 aromatic carbocycles. The van der Waals surface area contributed by atoms with Crippen LogP contribution in [0.4, 0.5) is 0 Å². The van der Waals surface area contributed by atoms with Crippen LogP contribution in [0.25, 0.3) is 0 Å². The average molecular weight is 192 g/mol. The van der Waals surface area contributed by atoms with Crippen LogP contribution in [0, 0.1) is 0 Å². The molecule has 0 unspecified atom stereocenters. The highest BCUT2D eigenvalue weighted by Crippen LogP contribution is 2.05. The van der Waals surface area contributed by atoms with Crippen LogP contribution in [0.2, 0.25) is 0 Å². The standard InChI is InChI=1S/C10H8O4/c11-6-9(12)8-3-1-7(2-4-8)5-10(13)14/h1-4,6H,5H2,(H,13,14). The number of carboxylic acids is 1. The number of aliphatic carboxylic acids is 1. The van der Waals surface area contributed by atoms with E-state index < -0.39 is 11.8 Å². The fraction of sp³-hybridized carbons (Fsp3) is 0.100. The number of hydrogen-bond donors (Lipinski definition) is 1. The van der Waals surface area contributed by atoms with Crippen LogP contribution in [0.5, 0.6) is 0 Å². The van der Waals surface area contributed by atoms with E-state index in [2.05, 4.69) is 0 Å². The van der Waals surface area contributed by atoms with Crippen LogP contribution in [-0.2, 0) is 16.0 Å². The van der Waals surface area contributed by atoms with Crippen LogP contribution >= 0.6 is 0 Å². The fourth-order valence-electron chi connectivity index (χ4n) is 1.03. The summed E-state index contributed by atoms with van der Waals surface area (Å²) in [5, 5.41) is 8.47. The highest BCUT2D eigenvalue weighted by molar-refractivity contribution is 6.33. The van der Waals surface area contributed by atoms with Crippen LogP contribution in [0.3, 0.4) is 0 Å². The number of hydrogen-bond acceptors (Lipinski definition) is 3. The van der Waals surface area contributed by atoms with E-state index in [-0.39, 0.29) is 18.3 Å². The molecule has 4 nitrogen and oxygen atoms in total. The van der Waals surface area contributed by atoms with Gasteiger partial charge in [0.05, 0.1) is 6.42 Å². The molecule has 72 valence electrons. The van der Waals surface area contributed by atoms with E-state index in [9.17, 15) is 14.4 Å². The average Bonchev–Trinajstić information content (AvgIpc) is 2.17. The molecule has 0 saturated carbocycles. The maximum atomic E-state index is 10.9. The van der Waals surface area contributed by atoms with Crippen molar-refractivity contribution >= 4 is 18.0 Å². The van der Waals surface area contributed by atoms with Crippen LogP contribution in [0.15, 0.2) is 24.3 Å². The van der Waals surface area contributed by atoms with E-state index in [0.29, 0.717) is 5.56 Å². The van der Waals surface area contributed by atoms with Gasteiger partial charge in [-0.1, -0.05) is 24.3 Å². The molecule has 14 heavy (non-hydrogen) atoms. The molecule has 0 atom stereocenters. The predicted octanol–water partition coefficient (Wildman–Crippen LogP) is 0.695. The van der Waals surface area contributed by atoms with Gasteiger partial charge in [-0.2, -0.15) is 0 Å². The number of aldehydes is 1. The van der Waals surface area contributed by atoms with E-state index in [1.54, 1.807) is 0 Å². The van der Waals surface area contributed by atoms with Gasteiger partial charge in [0.25, 0.3) is 0 Å². The minimum atomic E-state index is -0.931. The largest absolute Gasteiger partial charge is 0.481 e. The van der Waals surface area contributed by atoms with Crippen LogP contribution in [-0.4, -0.2) is 23.1 Å². The first kappa shape index (κ1) is 10.1. The molecular weight excluding hydrogens is 184 g/mol. The van der Waals surface area contributed by atoms with Gasteiger partial charge in [0.2, 0.25) is 5.78 Å². The molecule has 0 aromatic heterocycles. The molecule has 0 heterocycles. The van der Waals surface area contributed by atoms with Crippen molar-refractivity contribution in [3.63, 3.8) is 0 Å². The Bertz CT molecular complexity index is 364. The summed E-state index contributed by atoms with van der Waals surface area (Å²) in [6, 6.07) is 5.92. The van der Waals surface area contributed by atoms with Gasteiger partial charge in [0.1, 0.15) is 0 Å². The lowest BCUT2D eigenvalue weighted by Gasteiger charge is -1.97. The zero-order chi connectivity index (χ0) is 10.6. The van der Waals surface area contributed by atoms with Crippen molar-refractivity contribution in [1.29, 1.82) is 0 Å². The van der Waals surface area contributed by atoms with Gasteiger partial charge in [0.15, 0.2) is 6.29 Å². The number of carboxylic acid groups (broad SMARTS) is 1. The summed E-state index contributed by atoms with van der Waals surface area (Å²) in [6.07, 6.45) is 0.141. The smallest absolute Gasteiger partial charge is 0.307 e. The molecule has 0 amide bonds. The molecule has 0 radical (unpaired) electrons. The van der Waals surface area contributed by atoms with Crippen LogP contribution in [0.1, 0.15) is 15.9 Å². The monoisotopic (exact) mass is 192 g/mol. The summed E-state index contributed by atoms with van der Waals surface area (Å²) in [5.74, 6) is -1.54. The quantitative estimate of drug-likeness (QED) is 0.433. The number of ketones is 1. The molecule has 0 bridgehead atoms. The first-order chi connectivity index (χ1) is 6.63. The maximum absolute atomic E-state index is 10.9. The number of benzene rings is 1. The van der Waals surface area contributed by atoms with Crippen molar-refractivity contribution in [3.05, 3.63) is 35.4 Å². The zero-order valence-electron chi connectivity index (χ0n) is 7.27. The number of carbonyl (C=O) groups excluding carboxylic acids is 2. The lowest BCUT2D eigenvalue weighted by Crippen LogP contribution is -2.02. The summed E-state index contributed by atoms with van der Waals surface area (Å²) in [5.41, 5.74) is 0.870. The maximum Gasteiger partial charge on any atom is 0.307 e. The van der Waals surface area contributed by atoms with Crippen molar-refractivity contribution in [2.45, 2.75) is 6.42 Å². The van der Waals surface area contributed by atoms with Gasteiger partial charge in [-0.15, -0.1) is 0 Å². The molecule has 1 aromatic rings. The minimum Gasteiger partial charge on any atom is -0.481 e. The summed E-state index contributed by atoms with van der Waals surface area (Å²) in [4.78, 5) is 31.3. The number of carbonyl (C=O) groups is 3. The second-order valence-corrected chi connectivity index (χ2v) is 2.75. The third kappa shape index (κ3) is 2.52. The zero-order valence-corrected chi connectivity index (χ0v) is 7.27. The summed E-state index contributed by atoms with van der Waals surface area (Å²) >= 11 is 0. The van der Waals surface area contributed by atoms with Gasteiger partial charge < -0.3 is 5.11 Å². The van der Waals surface area contributed by atoms with E-state index in [0.717, 1.165) is 0 Å². The second-order valence-electron chi connectivity index (χ2n) is 2.75. The predicted molar refractivity (Wildman–Crippen MR) is 48.2 cm³/mol. The lowest BCUT2D eigenvalue weighted by atomic mass is 10.1. The Morgan fingerprint density at radius 1 is 1.21 bits per heavy atom. The highest BCUT2D eigenvalue weighted by Gasteiger charge is 2.04. The van der Waals surface area contributed by atoms with Crippen molar-refractivity contribution in [2.75, 3.05) is 0 Å². The van der Waals surface area contributed by atoms with Crippen LogP contribution < -0.4 is 0 Å². The Kier molecular flexibility index (Phi) is 3.12. The number of rotatable bonds is 4. The Labute approximate surface area is 80.2 Å². The number of Topliss-reactive ketones (excluding diaryl/α,β-unsaturated/α-hetero) is 1. The van der Waals surface area contributed by atoms with Gasteiger partial charge >= 0.3 is 5.97 Å². The van der Waals surface area contributed by atoms with Gasteiger partial charge in [0, 0.05) is 5.56 Å². The molecule has 0 aliphatic heterocycles. The molecule has 0 aliphatic rings. The molecule has 1 rings (SSSR count). The van der Waals surface area contributed by atoms with E-state index in [1.807, 2.05) is 0 Å².